The van der Waals surface area contributed by atoms with Crippen LogP contribution in [0.4, 0.5) is 0 Å². The molecule has 0 aliphatic carbocycles. The van der Waals surface area contributed by atoms with E-state index in [1.165, 1.54) is 18.4 Å². The summed E-state index contributed by atoms with van der Waals surface area (Å²) in [6, 6.07) is 0. The zero-order valence-corrected chi connectivity index (χ0v) is 7.35. The molecule has 0 aromatic rings. The van der Waals surface area contributed by atoms with Crippen LogP contribution in [0.25, 0.3) is 0 Å². The van der Waals surface area contributed by atoms with E-state index in [1.807, 2.05) is 0 Å². The number of hydrogen-bond acceptors (Lipinski definition) is 0. The molecule has 0 spiro atoms. The fourth-order valence-electron chi connectivity index (χ4n) is 0.613. The van der Waals surface area contributed by atoms with Crippen molar-refractivity contribution in [2.24, 2.45) is 0 Å². The highest BCUT2D eigenvalue weighted by atomic mass is 13.8. The minimum Gasteiger partial charge on any atom is -0.0845 e. The first-order valence-corrected chi connectivity index (χ1v) is 4.13. The molecule has 0 amide bonds. The Balaban J connectivity index is 3.49. The average molecular weight is 138 g/mol. The van der Waals surface area contributed by atoms with Crippen LogP contribution < -0.4 is 0 Å². The summed E-state index contributed by atoms with van der Waals surface area (Å²) in [6.07, 6.45) is 10.2. The predicted molar refractivity (Wildman–Crippen MR) is 48.1 cm³/mol. The molecular weight excluding hydrogens is 120 g/mol. The molecule has 0 nitrogen and oxygen atoms in total. The molecule has 58 valence electrons. The summed E-state index contributed by atoms with van der Waals surface area (Å²) in [5.74, 6) is 0. The van der Waals surface area contributed by atoms with Crippen LogP contribution in [0.2, 0.25) is 0 Å². The van der Waals surface area contributed by atoms with Crippen LogP contribution in [-0.2, 0) is 0 Å². The van der Waals surface area contributed by atoms with Gasteiger partial charge in [0.05, 0.1) is 0 Å². The summed E-state index contributed by atoms with van der Waals surface area (Å²) in [4.78, 5) is 0. The van der Waals surface area contributed by atoms with Crippen molar-refractivity contribution in [3.05, 3.63) is 23.8 Å². The first kappa shape index (κ1) is 9.48. The Kier molecular flexibility index (Phi) is 6.25. The van der Waals surface area contributed by atoms with Crippen molar-refractivity contribution in [3.8, 4) is 0 Å². The smallest absolute Gasteiger partial charge is 0.0349 e. The highest BCUT2D eigenvalue weighted by Gasteiger charge is 1.77. The molecule has 0 rings (SSSR count). The lowest BCUT2D eigenvalue weighted by atomic mass is 10.2. The van der Waals surface area contributed by atoms with Crippen LogP contribution in [0.3, 0.4) is 0 Å². The largest absolute Gasteiger partial charge is 0.0845 e. The van der Waals surface area contributed by atoms with Crippen molar-refractivity contribution in [3.63, 3.8) is 0 Å². The summed E-state index contributed by atoms with van der Waals surface area (Å²) in [6.45, 7) is 6.54. The molecule has 0 radical (unpaired) electrons. The number of unbranched alkanes of at least 4 members (excludes halogenated alkanes) is 1. The number of hydrogen-bond donors (Lipinski definition) is 0. The van der Waals surface area contributed by atoms with Crippen LogP contribution in [0, 0.1) is 0 Å². The minimum absolute atomic E-state index is 1.16. The van der Waals surface area contributed by atoms with Gasteiger partial charge in [0.15, 0.2) is 0 Å². The molecule has 0 atom stereocenters. The van der Waals surface area contributed by atoms with Crippen LogP contribution in [0.15, 0.2) is 23.8 Å². The van der Waals surface area contributed by atoms with E-state index >= 15 is 0 Å². The zero-order chi connectivity index (χ0) is 7.82. The molecule has 0 N–H and O–H groups in total. The molecule has 10 heavy (non-hydrogen) atoms. The van der Waals surface area contributed by atoms with Crippen molar-refractivity contribution in [1.82, 2.24) is 0 Å². The fraction of sp³-hybridized carbons (Fsp3) is 0.600. The standard InChI is InChI=1S/C10H18/c1-4-6-7-8-9-10(3)5-2/h7-9H,4-6H2,1-3H3/b8-7-,10-9+. The van der Waals surface area contributed by atoms with Gasteiger partial charge in [-0.1, -0.05) is 44.1 Å². The molecule has 0 aliphatic rings. The summed E-state index contributed by atoms with van der Waals surface area (Å²) in [7, 11) is 0. The molecule has 0 aromatic carbocycles. The summed E-state index contributed by atoms with van der Waals surface area (Å²) < 4.78 is 0. The number of allylic oxidation sites excluding steroid dienone is 4. The van der Waals surface area contributed by atoms with E-state index in [0.717, 1.165) is 6.42 Å². The highest BCUT2D eigenvalue weighted by molar-refractivity contribution is 5.09. The number of rotatable bonds is 4. The molecular formula is C10H18. The Labute approximate surface area is 64.6 Å². The van der Waals surface area contributed by atoms with Crippen molar-refractivity contribution in [1.29, 1.82) is 0 Å². The molecule has 0 saturated heterocycles. The van der Waals surface area contributed by atoms with Gasteiger partial charge in [0.1, 0.15) is 0 Å². The zero-order valence-electron chi connectivity index (χ0n) is 7.35. The third-order valence-corrected chi connectivity index (χ3v) is 1.53. The second-order valence-electron chi connectivity index (χ2n) is 2.58. The van der Waals surface area contributed by atoms with Crippen molar-refractivity contribution < 1.29 is 0 Å². The monoisotopic (exact) mass is 138 g/mol. The van der Waals surface area contributed by atoms with Crippen LogP contribution >= 0.6 is 0 Å². The molecule has 0 heteroatoms. The second kappa shape index (κ2) is 6.60. The Morgan fingerprint density at radius 2 is 2.00 bits per heavy atom. The lowest BCUT2D eigenvalue weighted by Gasteiger charge is -1.88. The van der Waals surface area contributed by atoms with E-state index in [-0.39, 0.29) is 0 Å². The first-order valence-electron chi connectivity index (χ1n) is 4.13. The second-order valence-corrected chi connectivity index (χ2v) is 2.58. The van der Waals surface area contributed by atoms with E-state index < -0.39 is 0 Å². The van der Waals surface area contributed by atoms with Gasteiger partial charge in [-0.3, -0.25) is 0 Å². The van der Waals surface area contributed by atoms with Gasteiger partial charge in [-0.05, 0) is 19.8 Å². The van der Waals surface area contributed by atoms with E-state index in [0.29, 0.717) is 0 Å². The van der Waals surface area contributed by atoms with Crippen LogP contribution in [-0.4, -0.2) is 0 Å². The van der Waals surface area contributed by atoms with E-state index in [1.54, 1.807) is 0 Å². The van der Waals surface area contributed by atoms with Gasteiger partial charge in [-0.15, -0.1) is 0 Å². The maximum atomic E-state index is 2.22. The Morgan fingerprint density at radius 1 is 1.30 bits per heavy atom. The van der Waals surface area contributed by atoms with Gasteiger partial charge in [0, 0.05) is 0 Å². The van der Waals surface area contributed by atoms with Gasteiger partial charge < -0.3 is 0 Å². The maximum absolute atomic E-state index is 2.22. The van der Waals surface area contributed by atoms with E-state index in [2.05, 4.69) is 39.0 Å². The van der Waals surface area contributed by atoms with Gasteiger partial charge in [0.25, 0.3) is 0 Å². The van der Waals surface area contributed by atoms with E-state index in [9.17, 15) is 0 Å². The van der Waals surface area contributed by atoms with Gasteiger partial charge >= 0.3 is 0 Å². The van der Waals surface area contributed by atoms with Gasteiger partial charge in [-0.25, -0.2) is 0 Å². The normalized spacial score (nSPS) is 12.9. The average Bonchev–Trinajstić information content (AvgIpc) is 1.98. The third-order valence-electron chi connectivity index (χ3n) is 1.53. The maximum Gasteiger partial charge on any atom is -0.0349 e. The van der Waals surface area contributed by atoms with Gasteiger partial charge in [-0.2, -0.15) is 0 Å². The quantitative estimate of drug-likeness (QED) is 0.520. The lowest BCUT2D eigenvalue weighted by Crippen LogP contribution is -1.67. The SMILES string of the molecule is CCC/C=C\C=C(/C)CC. The van der Waals surface area contributed by atoms with Crippen LogP contribution in [0.1, 0.15) is 40.0 Å². The van der Waals surface area contributed by atoms with Crippen LogP contribution in [0.5, 0.6) is 0 Å². The highest BCUT2D eigenvalue weighted by Crippen LogP contribution is 1.98. The molecule has 0 bridgehead atoms. The Hall–Kier alpha value is -0.520. The molecule has 0 heterocycles. The summed E-state index contributed by atoms with van der Waals surface area (Å²) in [5.41, 5.74) is 1.45. The minimum atomic E-state index is 1.16. The van der Waals surface area contributed by atoms with Crippen molar-refractivity contribution >= 4 is 0 Å². The molecule has 0 unspecified atom stereocenters. The predicted octanol–water partition coefficient (Wildman–Crippen LogP) is 3.70. The molecule has 0 saturated carbocycles. The van der Waals surface area contributed by atoms with E-state index in [4.69, 9.17) is 0 Å². The third kappa shape index (κ3) is 5.61. The lowest BCUT2D eigenvalue weighted by molar-refractivity contribution is 0.958. The summed E-state index contributed by atoms with van der Waals surface area (Å²) >= 11 is 0. The first-order chi connectivity index (χ1) is 4.81. The molecule has 0 aromatic heterocycles. The fourth-order valence-corrected chi connectivity index (χ4v) is 0.613. The molecule has 0 aliphatic heterocycles. The molecule has 0 fully saturated rings. The van der Waals surface area contributed by atoms with Crippen molar-refractivity contribution in [2.45, 2.75) is 40.0 Å². The Morgan fingerprint density at radius 3 is 2.50 bits per heavy atom. The Bertz CT molecular complexity index is 118. The topological polar surface area (TPSA) is 0 Å². The van der Waals surface area contributed by atoms with Gasteiger partial charge in [0.2, 0.25) is 0 Å². The summed E-state index contributed by atoms with van der Waals surface area (Å²) in [5, 5.41) is 0. The van der Waals surface area contributed by atoms with Crippen molar-refractivity contribution in [2.75, 3.05) is 0 Å².